The molecule has 0 fully saturated rings. The Morgan fingerprint density at radius 2 is 1.85 bits per heavy atom. The molecule has 1 aliphatic heterocycles. The molecule has 1 amide bonds. The lowest BCUT2D eigenvalue weighted by molar-refractivity contribution is 0.0971. The first-order chi connectivity index (χ1) is 15.9. The van der Waals surface area contributed by atoms with Crippen molar-refractivity contribution in [3.05, 3.63) is 98.1 Å². The second kappa shape index (κ2) is 8.04. The predicted octanol–water partition coefficient (Wildman–Crippen LogP) is 5.55. The van der Waals surface area contributed by atoms with Crippen LogP contribution in [0.4, 0.5) is 10.1 Å². The van der Waals surface area contributed by atoms with Crippen LogP contribution in [0.1, 0.15) is 34.6 Å². The quantitative estimate of drug-likeness (QED) is 0.390. The Hall–Kier alpha value is -3.65. The molecule has 5 rings (SSSR count). The molecule has 1 unspecified atom stereocenters. The molecule has 0 spiro atoms. The van der Waals surface area contributed by atoms with Crippen molar-refractivity contribution < 1.29 is 23.4 Å². The summed E-state index contributed by atoms with van der Waals surface area (Å²) in [5.41, 5.74) is 1.04. The standard InChI is InChI=1S/C25H17BrFNO5/c1-2-32-20-11-13(3-9-18(20)29)22-21-23(30)17-12-14(26)4-10-19(17)33-24(21)25(31)28(22)16-7-5-15(27)6-8-16/h3-12,22,29H,2H2,1H3. The van der Waals surface area contributed by atoms with Gasteiger partial charge in [-0.2, -0.15) is 0 Å². The average Bonchev–Trinajstić information content (AvgIpc) is 3.09. The van der Waals surface area contributed by atoms with E-state index in [1.54, 1.807) is 37.3 Å². The van der Waals surface area contributed by atoms with E-state index < -0.39 is 17.8 Å². The van der Waals surface area contributed by atoms with Crippen LogP contribution in [0.2, 0.25) is 0 Å². The van der Waals surface area contributed by atoms with Gasteiger partial charge in [0, 0.05) is 10.2 Å². The van der Waals surface area contributed by atoms with Crippen molar-refractivity contribution in [2.45, 2.75) is 13.0 Å². The van der Waals surface area contributed by atoms with E-state index in [1.807, 2.05) is 0 Å². The molecular formula is C25H17BrFNO5. The van der Waals surface area contributed by atoms with Gasteiger partial charge in [0.2, 0.25) is 5.76 Å². The summed E-state index contributed by atoms with van der Waals surface area (Å²) in [6, 6.07) is 14.2. The number of hydrogen-bond donors (Lipinski definition) is 1. The number of aromatic hydroxyl groups is 1. The van der Waals surface area contributed by atoms with E-state index in [2.05, 4.69) is 15.9 Å². The molecule has 6 nitrogen and oxygen atoms in total. The SMILES string of the molecule is CCOc1cc(C2c3c(oc4ccc(Br)cc4c3=O)C(=O)N2c2ccc(F)cc2)ccc1O. The minimum atomic E-state index is -0.864. The summed E-state index contributed by atoms with van der Waals surface area (Å²) < 4.78 is 25.7. The number of carbonyl (C=O) groups is 1. The Morgan fingerprint density at radius 3 is 2.58 bits per heavy atom. The van der Waals surface area contributed by atoms with Crippen molar-refractivity contribution in [2.75, 3.05) is 11.5 Å². The van der Waals surface area contributed by atoms with Crippen molar-refractivity contribution in [2.24, 2.45) is 0 Å². The zero-order valence-electron chi connectivity index (χ0n) is 17.3. The molecule has 1 aromatic heterocycles. The molecule has 33 heavy (non-hydrogen) atoms. The highest BCUT2D eigenvalue weighted by atomic mass is 79.9. The second-order valence-corrected chi connectivity index (χ2v) is 8.44. The summed E-state index contributed by atoms with van der Waals surface area (Å²) in [7, 11) is 0. The number of hydrogen-bond acceptors (Lipinski definition) is 5. The third-order valence-electron chi connectivity index (χ3n) is 5.54. The lowest BCUT2D eigenvalue weighted by Crippen LogP contribution is -2.29. The Kier molecular flexibility index (Phi) is 5.17. The molecule has 0 bridgehead atoms. The largest absolute Gasteiger partial charge is 0.504 e. The van der Waals surface area contributed by atoms with E-state index in [9.17, 15) is 19.1 Å². The lowest BCUT2D eigenvalue weighted by Gasteiger charge is -2.25. The summed E-state index contributed by atoms with van der Waals surface area (Å²) in [5, 5.41) is 10.5. The summed E-state index contributed by atoms with van der Waals surface area (Å²) in [6.07, 6.45) is 0. The summed E-state index contributed by atoms with van der Waals surface area (Å²) >= 11 is 3.37. The minimum absolute atomic E-state index is 0.0621. The van der Waals surface area contributed by atoms with Gasteiger partial charge in [0.1, 0.15) is 11.4 Å². The summed E-state index contributed by atoms with van der Waals surface area (Å²) in [6.45, 7) is 2.10. The number of fused-ring (bicyclic) bond motifs is 2. The van der Waals surface area contributed by atoms with E-state index in [-0.39, 0.29) is 33.8 Å². The first kappa shape index (κ1) is 21.2. The van der Waals surface area contributed by atoms with Crippen LogP contribution in [0.15, 0.2) is 74.3 Å². The number of carbonyl (C=O) groups excluding carboxylic acids is 1. The fourth-order valence-electron chi connectivity index (χ4n) is 4.10. The smallest absolute Gasteiger partial charge is 0.295 e. The number of halogens is 2. The molecule has 2 heterocycles. The van der Waals surface area contributed by atoms with Crippen LogP contribution in [0.5, 0.6) is 11.5 Å². The van der Waals surface area contributed by atoms with Gasteiger partial charge in [-0.25, -0.2) is 4.39 Å². The number of benzene rings is 3. The van der Waals surface area contributed by atoms with E-state index in [0.717, 1.165) is 0 Å². The molecule has 1 N–H and O–H groups in total. The molecule has 0 saturated carbocycles. The van der Waals surface area contributed by atoms with Crippen molar-refractivity contribution in [1.82, 2.24) is 0 Å². The predicted molar refractivity (Wildman–Crippen MR) is 125 cm³/mol. The second-order valence-electron chi connectivity index (χ2n) is 7.53. The van der Waals surface area contributed by atoms with Gasteiger partial charge in [-0.15, -0.1) is 0 Å². The maximum Gasteiger partial charge on any atom is 0.295 e. The van der Waals surface area contributed by atoms with E-state index in [0.29, 0.717) is 27.7 Å². The van der Waals surface area contributed by atoms with Crippen LogP contribution in [0.3, 0.4) is 0 Å². The third kappa shape index (κ3) is 3.47. The van der Waals surface area contributed by atoms with Gasteiger partial charge in [0.25, 0.3) is 5.91 Å². The Morgan fingerprint density at radius 1 is 1.09 bits per heavy atom. The van der Waals surface area contributed by atoms with Crippen molar-refractivity contribution in [3.63, 3.8) is 0 Å². The molecule has 4 aromatic rings. The van der Waals surface area contributed by atoms with Gasteiger partial charge in [-0.05, 0) is 67.1 Å². The summed E-state index contributed by atoms with van der Waals surface area (Å²) in [5.74, 6) is -0.881. The number of ether oxygens (including phenoxy) is 1. The van der Waals surface area contributed by atoms with Crippen LogP contribution in [0, 0.1) is 5.82 Å². The number of phenolic OH excluding ortho intramolecular Hbond substituents is 1. The Labute approximate surface area is 196 Å². The lowest BCUT2D eigenvalue weighted by atomic mass is 9.97. The minimum Gasteiger partial charge on any atom is -0.504 e. The maximum absolute atomic E-state index is 13.6. The van der Waals surface area contributed by atoms with Gasteiger partial charge >= 0.3 is 0 Å². The van der Waals surface area contributed by atoms with Crippen molar-refractivity contribution >= 4 is 38.5 Å². The van der Waals surface area contributed by atoms with Gasteiger partial charge in [0.15, 0.2) is 16.9 Å². The molecule has 0 saturated heterocycles. The number of nitrogens with zero attached hydrogens (tertiary/aromatic N) is 1. The normalized spacial score (nSPS) is 15.2. The highest BCUT2D eigenvalue weighted by molar-refractivity contribution is 9.10. The molecule has 0 radical (unpaired) electrons. The first-order valence-corrected chi connectivity index (χ1v) is 11.0. The molecule has 3 aromatic carbocycles. The molecule has 0 aliphatic carbocycles. The van der Waals surface area contributed by atoms with Crippen LogP contribution in [-0.4, -0.2) is 17.6 Å². The molecule has 166 valence electrons. The summed E-state index contributed by atoms with van der Waals surface area (Å²) in [4.78, 5) is 28.5. The Balaban J connectivity index is 1.80. The van der Waals surface area contributed by atoms with Gasteiger partial charge < -0.3 is 14.3 Å². The molecule has 1 aliphatic rings. The number of rotatable bonds is 4. The van der Waals surface area contributed by atoms with Crippen molar-refractivity contribution in [1.29, 1.82) is 0 Å². The van der Waals surface area contributed by atoms with Gasteiger partial charge in [0.05, 0.1) is 23.6 Å². The van der Waals surface area contributed by atoms with Crippen molar-refractivity contribution in [3.8, 4) is 11.5 Å². The average molecular weight is 510 g/mol. The Bertz CT molecular complexity index is 1460. The topological polar surface area (TPSA) is 80.0 Å². The molecular weight excluding hydrogens is 493 g/mol. The molecule has 8 heteroatoms. The third-order valence-corrected chi connectivity index (χ3v) is 6.03. The zero-order chi connectivity index (χ0) is 23.3. The first-order valence-electron chi connectivity index (χ1n) is 10.2. The van der Waals surface area contributed by atoms with Crippen LogP contribution in [-0.2, 0) is 0 Å². The fraction of sp³-hybridized carbons (Fsp3) is 0.120. The monoisotopic (exact) mass is 509 g/mol. The van der Waals surface area contributed by atoms with E-state index in [4.69, 9.17) is 9.15 Å². The number of phenols is 1. The zero-order valence-corrected chi connectivity index (χ0v) is 18.9. The highest BCUT2D eigenvalue weighted by Crippen LogP contribution is 2.43. The fourth-order valence-corrected chi connectivity index (χ4v) is 4.46. The highest BCUT2D eigenvalue weighted by Gasteiger charge is 2.44. The van der Waals surface area contributed by atoms with E-state index >= 15 is 0 Å². The van der Waals surface area contributed by atoms with Crippen LogP contribution in [0.25, 0.3) is 11.0 Å². The number of anilines is 1. The van der Waals surface area contributed by atoms with Crippen LogP contribution < -0.4 is 15.1 Å². The van der Waals surface area contributed by atoms with Gasteiger partial charge in [-0.1, -0.05) is 22.0 Å². The molecule has 1 atom stereocenters. The van der Waals surface area contributed by atoms with E-state index in [1.165, 1.54) is 35.2 Å². The van der Waals surface area contributed by atoms with Crippen LogP contribution >= 0.6 is 15.9 Å². The number of amides is 1. The van der Waals surface area contributed by atoms with Gasteiger partial charge in [-0.3, -0.25) is 14.5 Å². The maximum atomic E-state index is 13.6.